The molecule has 0 saturated heterocycles. The van der Waals surface area contributed by atoms with E-state index in [1.54, 1.807) is 0 Å². The van der Waals surface area contributed by atoms with Gasteiger partial charge in [0, 0.05) is 6.42 Å². The van der Waals surface area contributed by atoms with Gasteiger partial charge in [0.1, 0.15) is 5.75 Å². The van der Waals surface area contributed by atoms with Crippen LogP contribution < -0.4 is 4.74 Å². The molecule has 1 fully saturated rings. The number of aryl methyl sites for hydroxylation is 2. The number of ether oxygens (including phenoxy) is 1. The lowest BCUT2D eigenvalue weighted by Gasteiger charge is -2.17. The van der Waals surface area contributed by atoms with Gasteiger partial charge in [0.25, 0.3) is 0 Å². The summed E-state index contributed by atoms with van der Waals surface area (Å²) in [5.74, 6) is 0.544. The van der Waals surface area contributed by atoms with Gasteiger partial charge < -0.3 is 9.84 Å². The van der Waals surface area contributed by atoms with Crippen molar-refractivity contribution in [1.82, 2.24) is 0 Å². The molecular weight excluding hydrogens is 228 g/mol. The van der Waals surface area contributed by atoms with Gasteiger partial charge in [-0.05, 0) is 50.2 Å². The smallest absolute Gasteiger partial charge is 0.303 e. The maximum Gasteiger partial charge on any atom is 0.303 e. The number of carbonyl (C=O) groups is 1. The van der Waals surface area contributed by atoms with Gasteiger partial charge in [-0.3, -0.25) is 4.79 Å². The molecule has 1 saturated carbocycles. The summed E-state index contributed by atoms with van der Waals surface area (Å²) >= 11 is 0. The van der Waals surface area contributed by atoms with E-state index in [0.29, 0.717) is 0 Å². The average molecular weight is 248 g/mol. The Hall–Kier alpha value is -1.51. The van der Waals surface area contributed by atoms with E-state index in [1.807, 2.05) is 32.0 Å². The number of para-hydroxylation sites is 1. The fraction of sp³-hybridized carbons (Fsp3) is 0.533. The highest BCUT2D eigenvalue weighted by Gasteiger charge is 2.28. The molecule has 0 aliphatic heterocycles. The Labute approximate surface area is 108 Å². The molecule has 1 N–H and O–H groups in total. The number of carboxylic acid groups (broad SMARTS) is 1. The molecule has 3 heteroatoms. The molecule has 0 bridgehead atoms. The van der Waals surface area contributed by atoms with Crippen LogP contribution in [0.25, 0.3) is 0 Å². The molecule has 2 atom stereocenters. The van der Waals surface area contributed by atoms with Gasteiger partial charge in [0.05, 0.1) is 6.10 Å². The van der Waals surface area contributed by atoms with Crippen molar-refractivity contribution >= 4 is 5.97 Å². The molecule has 0 amide bonds. The molecule has 2 unspecified atom stereocenters. The summed E-state index contributed by atoms with van der Waals surface area (Å²) in [6.45, 7) is 4.10. The Bertz CT molecular complexity index is 419. The van der Waals surface area contributed by atoms with Gasteiger partial charge in [-0.2, -0.15) is 0 Å². The highest BCUT2D eigenvalue weighted by Crippen LogP contribution is 2.33. The summed E-state index contributed by atoms with van der Waals surface area (Å²) in [6.07, 6.45) is 3.23. The Balaban J connectivity index is 1.97. The van der Waals surface area contributed by atoms with Crippen LogP contribution in [-0.4, -0.2) is 17.2 Å². The third-order valence-corrected chi connectivity index (χ3v) is 3.65. The summed E-state index contributed by atoms with van der Waals surface area (Å²) in [5, 5.41) is 8.80. The first kappa shape index (κ1) is 12.9. The first-order chi connectivity index (χ1) is 8.56. The van der Waals surface area contributed by atoms with Gasteiger partial charge in [-0.25, -0.2) is 0 Å². The van der Waals surface area contributed by atoms with Crippen molar-refractivity contribution in [2.75, 3.05) is 0 Å². The van der Waals surface area contributed by atoms with Gasteiger partial charge in [0.2, 0.25) is 0 Å². The van der Waals surface area contributed by atoms with Crippen molar-refractivity contribution in [3.05, 3.63) is 29.3 Å². The van der Waals surface area contributed by atoms with Crippen molar-refractivity contribution in [1.29, 1.82) is 0 Å². The molecule has 0 heterocycles. The summed E-state index contributed by atoms with van der Waals surface area (Å²) in [5.41, 5.74) is 2.30. The van der Waals surface area contributed by atoms with Crippen LogP contribution >= 0.6 is 0 Å². The van der Waals surface area contributed by atoms with E-state index in [2.05, 4.69) is 0 Å². The SMILES string of the molecule is Cc1cccc(C)c1OC1CCC(CC(=O)O)C1. The summed E-state index contributed by atoms with van der Waals surface area (Å²) in [6, 6.07) is 6.12. The number of rotatable bonds is 4. The minimum Gasteiger partial charge on any atom is -0.490 e. The Morgan fingerprint density at radius 2 is 2.00 bits per heavy atom. The lowest BCUT2D eigenvalue weighted by Crippen LogP contribution is -2.14. The molecule has 0 aromatic heterocycles. The molecule has 2 rings (SSSR count). The quantitative estimate of drug-likeness (QED) is 0.889. The molecule has 0 spiro atoms. The van der Waals surface area contributed by atoms with Gasteiger partial charge in [0.15, 0.2) is 0 Å². The van der Waals surface area contributed by atoms with Crippen LogP contribution in [-0.2, 0) is 4.79 Å². The number of carboxylic acids is 1. The fourth-order valence-electron chi connectivity index (χ4n) is 2.72. The molecule has 18 heavy (non-hydrogen) atoms. The van der Waals surface area contributed by atoms with Crippen molar-refractivity contribution in [2.24, 2.45) is 5.92 Å². The Morgan fingerprint density at radius 1 is 1.33 bits per heavy atom. The largest absolute Gasteiger partial charge is 0.490 e. The lowest BCUT2D eigenvalue weighted by atomic mass is 10.0. The second-order valence-electron chi connectivity index (χ2n) is 5.24. The second-order valence-corrected chi connectivity index (χ2v) is 5.24. The van der Waals surface area contributed by atoms with E-state index >= 15 is 0 Å². The maximum atomic E-state index is 10.7. The normalized spacial score (nSPS) is 23.0. The van der Waals surface area contributed by atoms with Crippen molar-refractivity contribution in [3.8, 4) is 5.75 Å². The lowest BCUT2D eigenvalue weighted by molar-refractivity contribution is -0.138. The monoisotopic (exact) mass is 248 g/mol. The van der Waals surface area contributed by atoms with Gasteiger partial charge >= 0.3 is 5.97 Å². The Morgan fingerprint density at radius 3 is 2.61 bits per heavy atom. The molecule has 98 valence electrons. The van der Waals surface area contributed by atoms with E-state index in [9.17, 15) is 4.79 Å². The van der Waals surface area contributed by atoms with Gasteiger partial charge in [-0.15, -0.1) is 0 Å². The van der Waals surface area contributed by atoms with E-state index in [4.69, 9.17) is 9.84 Å². The zero-order valence-corrected chi connectivity index (χ0v) is 11.0. The van der Waals surface area contributed by atoms with Gasteiger partial charge in [-0.1, -0.05) is 18.2 Å². The number of benzene rings is 1. The topological polar surface area (TPSA) is 46.5 Å². The summed E-state index contributed by atoms with van der Waals surface area (Å²) < 4.78 is 6.06. The molecule has 1 aromatic rings. The predicted molar refractivity (Wildman–Crippen MR) is 69.9 cm³/mol. The third-order valence-electron chi connectivity index (χ3n) is 3.65. The van der Waals surface area contributed by atoms with Crippen molar-refractivity contribution < 1.29 is 14.6 Å². The molecule has 1 aliphatic rings. The highest BCUT2D eigenvalue weighted by molar-refractivity contribution is 5.67. The van der Waals surface area contributed by atoms with Crippen LogP contribution in [0.1, 0.15) is 36.8 Å². The highest BCUT2D eigenvalue weighted by atomic mass is 16.5. The number of aliphatic carboxylic acids is 1. The van der Waals surface area contributed by atoms with Crippen LogP contribution in [0.2, 0.25) is 0 Å². The minimum atomic E-state index is -0.701. The molecule has 0 radical (unpaired) electrons. The van der Waals surface area contributed by atoms with Crippen molar-refractivity contribution in [2.45, 2.75) is 45.6 Å². The van der Waals surface area contributed by atoms with Crippen LogP contribution in [0, 0.1) is 19.8 Å². The number of hydrogen-bond donors (Lipinski definition) is 1. The second kappa shape index (κ2) is 5.42. The molecular formula is C15H20O3. The molecule has 1 aromatic carbocycles. The zero-order valence-electron chi connectivity index (χ0n) is 11.0. The number of hydrogen-bond acceptors (Lipinski definition) is 2. The minimum absolute atomic E-state index is 0.175. The van der Waals surface area contributed by atoms with Crippen molar-refractivity contribution in [3.63, 3.8) is 0 Å². The van der Waals surface area contributed by atoms with E-state index in [1.165, 1.54) is 0 Å². The van der Waals surface area contributed by atoms with Crippen LogP contribution in [0.5, 0.6) is 5.75 Å². The van der Waals surface area contributed by atoms with Crippen LogP contribution in [0.3, 0.4) is 0 Å². The van der Waals surface area contributed by atoms with E-state index in [-0.39, 0.29) is 18.4 Å². The first-order valence-corrected chi connectivity index (χ1v) is 6.51. The first-order valence-electron chi connectivity index (χ1n) is 6.51. The maximum absolute atomic E-state index is 10.7. The molecule has 3 nitrogen and oxygen atoms in total. The van der Waals surface area contributed by atoms with Crippen LogP contribution in [0.15, 0.2) is 18.2 Å². The van der Waals surface area contributed by atoms with E-state index < -0.39 is 5.97 Å². The average Bonchev–Trinajstić information content (AvgIpc) is 2.70. The zero-order chi connectivity index (χ0) is 13.1. The third kappa shape index (κ3) is 3.03. The summed E-state index contributed by atoms with van der Waals surface area (Å²) in [4.78, 5) is 10.7. The fourth-order valence-corrected chi connectivity index (χ4v) is 2.72. The van der Waals surface area contributed by atoms with Crippen LogP contribution in [0.4, 0.5) is 0 Å². The van der Waals surface area contributed by atoms with E-state index in [0.717, 1.165) is 36.1 Å². The molecule has 1 aliphatic carbocycles. The Kier molecular flexibility index (Phi) is 3.90. The summed E-state index contributed by atoms with van der Waals surface area (Å²) in [7, 11) is 0. The predicted octanol–water partition coefficient (Wildman–Crippen LogP) is 3.33. The standard InChI is InChI=1S/C15H20O3/c1-10-4-3-5-11(2)15(10)18-13-7-6-12(8-13)9-14(16)17/h3-5,12-13H,6-9H2,1-2H3,(H,16,17).